The third kappa shape index (κ3) is 4.72. The average Bonchev–Trinajstić information content (AvgIpc) is 2.73. The molecule has 7 heteroatoms. The summed E-state index contributed by atoms with van der Waals surface area (Å²) in [6.07, 6.45) is 0. The van der Waals surface area contributed by atoms with Gasteiger partial charge in [-0.1, -0.05) is 54.6 Å². The molecule has 0 bridgehead atoms. The summed E-state index contributed by atoms with van der Waals surface area (Å²) in [6, 6.07) is 23.0. The summed E-state index contributed by atoms with van der Waals surface area (Å²) < 4.78 is 0. The van der Waals surface area contributed by atoms with Crippen LogP contribution in [0.15, 0.2) is 78.9 Å². The fourth-order valence-electron chi connectivity index (χ4n) is 2.50. The van der Waals surface area contributed by atoms with Gasteiger partial charge in [0.25, 0.3) is 11.8 Å². The number of nitrogens with one attached hydrogen (secondary N) is 3. The molecule has 0 heterocycles. The fourth-order valence-corrected chi connectivity index (χ4v) is 2.64. The summed E-state index contributed by atoms with van der Waals surface area (Å²) >= 11 is 5.01. The maximum atomic E-state index is 12.3. The van der Waals surface area contributed by atoms with Gasteiger partial charge < -0.3 is 5.11 Å². The summed E-state index contributed by atoms with van der Waals surface area (Å²) in [4.78, 5) is 24.3. The lowest BCUT2D eigenvalue weighted by Crippen LogP contribution is -2.48. The zero-order valence-corrected chi connectivity index (χ0v) is 15.5. The highest BCUT2D eigenvalue weighted by molar-refractivity contribution is 7.80. The van der Waals surface area contributed by atoms with Crippen LogP contribution in [0.2, 0.25) is 0 Å². The normalized spacial score (nSPS) is 10.0. The molecule has 0 saturated heterocycles. The fraction of sp³-hybridized carbons (Fsp3) is 0. The van der Waals surface area contributed by atoms with Crippen LogP contribution in [0.25, 0.3) is 11.1 Å². The molecule has 0 aliphatic rings. The lowest BCUT2D eigenvalue weighted by Gasteiger charge is -2.11. The second kappa shape index (κ2) is 8.79. The van der Waals surface area contributed by atoms with Crippen molar-refractivity contribution < 1.29 is 14.7 Å². The Morgan fingerprint density at radius 2 is 1.32 bits per heavy atom. The van der Waals surface area contributed by atoms with Crippen molar-refractivity contribution in [2.24, 2.45) is 0 Å². The van der Waals surface area contributed by atoms with E-state index < -0.39 is 11.8 Å². The molecule has 2 amide bonds. The van der Waals surface area contributed by atoms with Crippen molar-refractivity contribution >= 4 is 29.1 Å². The minimum absolute atomic E-state index is 0.0686. The van der Waals surface area contributed by atoms with Gasteiger partial charge in [-0.25, -0.2) is 0 Å². The number of amides is 2. The van der Waals surface area contributed by atoms with E-state index in [1.54, 1.807) is 24.3 Å². The maximum absolute atomic E-state index is 12.3. The summed E-state index contributed by atoms with van der Waals surface area (Å²) in [6.45, 7) is 0. The Bertz CT molecular complexity index is 1000. The molecule has 0 aliphatic carbocycles. The standard InChI is InChI=1S/C21H17N3O3S/c25-18-9-5-4-8-17(18)20(27)23-24-21(28)22-19(26)16-12-10-15(11-13-16)14-6-2-1-3-7-14/h1-13,25H,(H,23,27)(H2,22,24,26,28). The lowest BCUT2D eigenvalue weighted by atomic mass is 10.0. The zero-order valence-electron chi connectivity index (χ0n) is 14.7. The molecule has 0 aromatic heterocycles. The Morgan fingerprint density at radius 3 is 2.00 bits per heavy atom. The summed E-state index contributed by atoms with van der Waals surface area (Å²) in [5.74, 6) is -1.15. The lowest BCUT2D eigenvalue weighted by molar-refractivity contribution is 0.0932. The molecule has 3 aromatic rings. The molecular formula is C21H17N3O3S. The van der Waals surface area contributed by atoms with Gasteiger partial charge in [-0.3, -0.25) is 25.8 Å². The highest BCUT2D eigenvalue weighted by Crippen LogP contribution is 2.19. The number of carbonyl (C=O) groups is 2. The monoisotopic (exact) mass is 391 g/mol. The SMILES string of the molecule is O=C(NC(=S)NNC(=O)c1ccccc1O)c1ccc(-c2ccccc2)cc1. The van der Waals surface area contributed by atoms with E-state index in [0.29, 0.717) is 5.56 Å². The van der Waals surface area contributed by atoms with Gasteiger partial charge in [0.1, 0.15) is 5.75 Å². The van der Waals surface area contributed by atoms with Gasteiger partial charge in [-0.2, -0.15) is 0 Å². The predicted octanol–water partition coefficient (Wildman–Crippen LogP) is 3.01. The topological polar surface area (TPSA) is 90.5 Å². The van der Waals surface area contributed by atoms with Crippen LogP contribution in [0.1, 0.15) is 20.7 Å². The van der Waals surface area contributed by atoms with E-state index in [-0.39, 0.29) is 16.4 Å². The van der Waals surface area contributed by atoms with Crippen LogP contribution in [-0.4, -0.2) is 22.0 Å². The van der Waals surface area contributed by atoms with E-state index in [2.05, 4.69) is 16.2 Å². The third-order valence-corrected chi connectivity index (χ3v) is 4.12. The van der Waals surface area contributed by atoms with Crippen molar-refractivity contribution in [3.63, 3.8) is 0 Å². The van der Waals surface area contributed by atoms with Gasteiger partial charge in [-0.15, -0.1) is 0 Å². The molecule has 0 saturated carbocycles. The van der Waals surface area contributed by atoms with Crippen LogP contribution >= 0.6 is 12.2 Å². The smallest absolute Gasteiger partial charge is 0.273 e. The van der Waals surface area contributed by atoms with Crippen molar-refractivity contribution in [3.8, 4) is 16.9 Å². The minimum Gasteiger partial charge on any atom is -0.507 e. The van der Waals surface area contributed by atoms with Gasteiger partial charge in [-0.05, 0) is 47.6 Å². The first-order chi connectivity index (χ1) is 13.5. The van der Waals surface area contributed by atoms with Crippen LogP contribution in [0.4, 0.5) is 0 Å². The number of benzene rings is 3. The number of rotatable bonds is 3. The molecule has 3 rings (SSSR count). The summed E-state index contributed by atoms with van der Waals surface area (Å²) in [5, 5.41) is 12.1. The molecule has 140 valence electrons. The zero-order chi connectivity index (χ0) is 19.9. The van der Waals surface area contributed by atoms with Crippen LogP contribution in [0.5, 0.6) is 5.75 Å². The van der Waals surface area contributed by atoms with E-state index >= 15 is 0 Å². The van der Waals surface area contributed by atoms with Crippen LogP contribution in [0.3, 0.4) is 0 Å². The van der Waals surface area contributed by atoms with E-state index in [4.69, 9.17) is 12.2 Å². The van der Waals surface area contributed by atoms with Crippen molar-refractivity contribution in [1.82, 2.24) is 16.2 Å². The van der Waals surface area contributed by atoms with Crippen LogP contribution in [0, 0.1) is 0 Å². The molecule has 0 fully saturated rings. The Labute approximate surface area is 167 Å². The quantitative estimate of drug-likeness (QED) is 0.407. The first-order valence-electron chi connectivity index (χ1n) is 8.40. The molecule has 0 atom stereocenters. The first kappa shape index (κ1) is 19.1. The van der Waals surface area contributed by atoms with Crippen molar-refractivity contribution in [2.45, 2.75) is 0 Å². The molecule has 0 aliphatic heterocycles. The highest BCUT2D eigenvalue weighted by atomic mass is 32.1. The number of phenolic OH excluding ortho intramolecular Hbond substituents is 1. The van der Waals surface area contributed by atoms with Crippen molar-refractivity contribution in [1.29, 1.82) is 0 Å². The molecule has 0 spiro atoms. The van der Waals surface area contributed by atoms with E-state index in [0.717, 1.165) is 11.1 Å². The Morgan fingerprint density at radius 1 is 0.714 bits per heavy atom. The highest BCUT2D eigenvalue weighted by Gasteiger charge is 2.12. The van der Waals surface area contributed by atoms with E-state index in [1.165, 1.54) is 12.1 Å². The van der Waals surface area contributed by atoms with Gasteiger partial charge in [0.2, 0.25) is 0 Å². The van der Waals surface area contributed by atoms with Crippen molar-refractivity contribution in [2.75, 3.05) is 0 Å². The number of para-hydroxylation sites is 1. The van der Waals surface area contributed by atoms with Crippen LogP contribution in [-0.2, 0) is 0 Å². The number of carbonyl (C=O) groups excluding carboxylic acids is 2. The average molecular weight is 391 g/mol. The van der Waals surface area contributed by atoms with Gasteiger partial charge in [0, 0.05) is 5.56 Å². The van der Waals surface area contributed by atoms with E-state index in [9.17, 15) is 14.7 Å². The number of aromatic hydroxyl groups is 1. The summed E-state index contributed by atoms with van der Waals surface area (Å²) in [5.41, 5.74) is 7.32. The Hall–Kier alpha value is -3.71. The minimum atomic E-state index is -0.582. The molecule has 6 nitrogen and oxygen atoms in total. The molecule has 4 N–H and O–H groups in total. The predicted molar refractivity (Wildman–Crippen MR) is 111 cm³/mol. The Kier molecular flexibility index (Phi) is 5.98. The third-order valence-electron chi connectivity index (χ3n) is 3.92. The first-order valence-corrected chi connectivity index (χ1v) is 8.80. The molecule has 3 aromatic carbocycles. The number of phenols is 1. The molecule has 0 radical (unpaired) electrons. The van der Waals surface area contributed by atoms with Gasteiger partial charge in [0.15, 0.2) is 5.11 Å². The largest absolute Gasteiger partial charge is 0.507 e. The second-order valence-corrected chi connectivity index (χ2v) is 6.23. The van der Waals surface area contributed by atoms with Gasteiger partial charge in [0.05, 0.1) is 5.56 Å². The molecule has 28 heavy (non-hydrogen) atoms. The second-order valence-electron chi connectivity index (χ2n) is 5.82. The van der Waals surface area contributed by atoms with E-state index in [1.807, 2.05) is 42.5 Å². The van der Waals surface area contributed by atoms with Crippen molar-refractivity contribution in [3.05, 3.63) is 90.0 Å². The maximum Gasteiger partial charge on any atom is 0.273 e. The van der Waals surface area contributed by atoms with Crippen LogP contribution < -0.4 is 16.2 Å². The number of hydrazine groups is 1. The molecular weight excluding hydrogens is 374 g/mol. The summed E-state index contributed by atoms with van der Waals surface area (Å²) in [7, 11) is 0. The van der Waals surface area contributed by atoms with Gasteiger partial charge >= 0.3 is 0 Å². The molecule has 0 unspecified atom stereocenters. The Balaban J connectivity index is 1.55. The number of hydrogen-bond acceptors (Lipinski definition) is 4. The number of hydrogen-bond donors (Lipinski definition) is 4. The number of thiocarbonyl (C=S) groups is 1.